The van der Waals surface area contributed by atoms with Crippen LogP contribution >= 0.6 is 23.4 Å². The van der Waals surface area contributed by atoms with Crippen molar-refractivity contribution in [2.24, 2.45) is 4.99 Å². The number of halogens is 1. The van der Waals surface area contributed by atoms with Crippen LogP contribution in [0.3, 0.4) is 0 Å². The molecule has 4 rings (SSSR count). The van der Waals surface area contributed by atoms with Gasteiger partial charge in [0.05, 0.1) is 23.4 Å². The van der Waals surface area contributed by atoms with Crippen LogP contribution in [-0.2, 0) is 4.79 Å². The number of ether oxygens (including phenoxy) is 1. The molecular formula is C27H25ClN2O3S. The highest BCUT2D eigenvalue weighted by molar-refractivity contribution is 8.19. The SMILES string of the molecule is COc1cc(Cl)cc(/C=C2/SC(=Nc3ccc(C)c(C)c3)N(c3ccc(C)c(C)c3)C2=O)c1O. The number of hydrogen-bond acceptors (Lipinski definition) is 5. The number of thioether (sulfide) groups is 1. The van der Waals surface area contributed by atoms with Crippen LogP contribution in [0.2, 0.25) is 5.02 Å². The van der Waals surface area contributed by atoms with Gasteiger partial charge in [0.2, 0.25) is 0 Å². The van der Waals surface area contributed by atoms with E-state index in [9.17, 15) is 9.90 Å². The molecular weight excluding hydrogens is 468 g/mol. The van der Waals surface area contributed by atoms with Crippen LogP contribution in [0, 0.1) is 27.7 Å². The predicted octanol–water partition coefficient (Wildman–Crippen LogP) is 7.10. The molecule has 1 saturated heterocycles. The van der Waals surface area contributed by atoms with Crippen molar-refractivity contribution in [1.82, 2.24) is 0 Å². The maximum atomic E-state index is 13.6. The number of aliphatic imine (C=N–C) groups is 1. The fourth-order valence-corrected chi connectivity index (χ4v) is 4.76. The van der Waals surface area contributed by atoms with E-state index < -0.39 is 0 Å². The number of carbonyl (C=O) groups is 1. The van der Waals surface area contributed by atoms with Crippen LogP contribution in [0.25, 0.3) is 6.08 Å². The number of aromatic hydroxyl groups is 1. The Morgan fingerprint density at radius 1 is 0.971 bits per heavy atom. The average Bonchev–Trinajstić information content (AvgIpc) is 3.09. The van der Waals surface area contributed by atoms with Crippen molar-refractivity contribution in [3.05, 3.63) is 86.3 Å². The first kappa shape index (κ1) is 23.9. The minimum atomic E-state index is -0.228. The fraction of sp³-hybridized carbons (Fsp3) is 0.185. The molecule has 5 nitrogen and oxygen atoms in total. The van der Waals surface area contributed by atoms with Crippen LogP contribution in [0.15, 0.2) is 58.4 Å². The van der Waals surface area contributed by atoms with Crippen molar-refractivity contribution in [1.29, 1.82) is 0 Å². The first-order valence-electron chi connectivity index (χ1n) is 10.7. The van der Waals surface area contributed by atoms with E-state index in [1.165, 1.54) is 30.5 Å². The predicted molar refractivity (Wildman–Crippen MR) is 142 cm³/mol. The normalized spacial score (nSPS) is 16.1. The minimum absolute atomic E-state index is 0.0786. The molecule has 1 amide bonds. The number of carbonyl (C=O) groups excluding carboxylic acids is 1. The zero-order valence-electron chi connectivity index (χ0n) is 19.6. The Kier molecular flexibility index (Phi) is 6.73. The Balaban J connectivity index is 1.84. The van der Waals surface area contributed by atoms with Gasteiger partial charge < -0.3 is 9.84 Å². The van der Waals surface area contributed by atoms with Crippen LogP contribution in [-0.4, -0.2) is 23.3 Å². The van der Waals surface area contributed by atoms with E-state index in [2.05, 4.69) is 0 Å². The van der Waals surface area contributed by atoms with Gasteiger partial charge in [-0.3, -0.25) is 9.69 Å². The third-order valence-corrected chi connectivity index (χ3v) is 7.03. The summed E-state index contributed by atoms with van der Waals surface area (Å²) in [6.07, 6.45) is 1.62. The molecule has 3 aromatic rings. The van der Waals surface area contributed by atoms with Gasteiger partial charge in [0, 0.05) is 16.7 Å². The number of phenolic OH excluding ortho intramolecular Hbond substituents is 1. The van der Waals surface area contributed by atoms with Gasteiger partial charge >= 0.3 is 0 Å². The second-order valence-corrected chi connectivity index (χ2v) is 9.67. The lowest BCUT2D eigenvalue weighted by Crippen LogP contribution is -2.28. The van der Waals surface area contributed by atoms with Crippen LogP contribution in [0.4, 0.5) is 11.4 Å². The van der Waals surface area contributed by atoms with E-state index in [0.717, 1.165) is 28.1 Å². The number of amides is 1. The Morgan fingerprint density at radius 3 is 2.29 bits per heavy atom. The Labute approximate surface area is 208 Å². The topological polar surface area (TPSA) is 62.1 Å². The van der Waals surface area contributed by atoms with E-state index in [0.29, 0.717) is 20.7 Å². The summed E-state index contributed by atoms with van der Waals surface area (Å²) in [7, 11) is 1.45. The number of phenols is 1. The number of aryl methyl sites for hydroxylation is 4. The van der Waals surface area contributed by atoms with Crippen molar-refractivity contribution in [2.75, 3.05) is 12.0 Å². The maximum Gasteiger partial charge on any atom is 0.271 e. The highest BCUT2D eigenvalue weighted by atomic mass is 35.5. The van der Waals surface area contributed by atoms with Gasteiger partial charge in [-0.2, -0.15) is 0 Å². The Bertz CT molecular complexity index is 1360. The molecule has 0 unspecified atom stereocenters. The van der Waals surface area contributed by atoms with E-state index >= 15 is 0 Å². The molecule has 174 valence electrons. The first-order valence-corrected chi connectivity index (χ1v) is 11.9. The summed E-state index contributed by atoms with van der Waals surface area (Å²) in [6.45, 7) is 8.13. The van der Waals surface area contributed by atoms with E-state index in [4.69, 9.17) is 21.3 Å². The molecule has 0 saturated carbocycles. The smallest absolute Gasteiger partial charge is 0.271 e. The van der Waals surface area contributed by atoms with Gasteiger partial charge in [0.25, 0.3) is 5.91 Å². The highest BCUT2D eigenvalue weighted by Gasteiger charge is 2.35. The standard InChI is InChI=1S/C27H25ClN2O3S/c1-15-6-8-21(10-17(15)3)29-27-30(22-9-7-16(2)18(4)11-22)26(32)24(34-27)13-19-12-20(28)14-23(33-5)25(19)31/h6-14,31H,1-5H3/b24-13+,29-27?. The summed E-state index contributed by atoms with van der Waals surface area (Å²) in [5.74, 6) is -0.0657. The average molecular weight is 493 g/mol. The van der Waals surface area contributed by atoms with Gasteiger partial charge in [-0.1, -0.05) is 23.7 Å². The third kappa shape index (κ3) is 4.69. The summed E-state index contributed by atoms with van der Waals surface area (Å²) in [6, 6.07) is 15.0. The molecule has 0 radical (unpaired) electrons. The zero-order valence-corrected chi connectivity index (χ0v) is 21.2. The number of amidine groups is 1. The maximum absolute atomic E-state index is 13.6. The van der Waals surface area contributed by atoms with Gasteiger partial charge in [-0.15, -0.1) is 0 Å². The quantitative estimate of drug-likeness (QED) is 0.394. The lowest BCUT2D eigenvalue weighted by atomic mass is 10.1. The van der Waals surface area contributed by atoms with Crippen molar-refractivity contribution >= 4 is 51.9 Å². The van der Waals surface area contributed by atoms with Gasteiger partial charge in [0.1, 0.15) is 0 Å². The summed E-state index contributed by atoms with van der Waals surface area (Å²) < 4.78 is 5.20. The number of benzene rings is 3. The van der Waals surface area contributed by atoms with Gasteiger partial charge in [0.15, 0.2) is 16.7 Å². The molecule has 3 aromatic carbocycles. The van der Waals surface area contributed by atoms with Crippen molar-refractivity contribution in [3.63, 3.8) is 0 Å². The fourth-order valence-electron chi connectivity index (χ4n) is 3.55. The number of hydrogen-bond donors (Lipinski definition) is 1. The first-order chi connectivity index (χ1) is 16.2. The van der Waals surface area contributed by atoms with Crippen molar-refractivity contribution < 1.29 is 14.6 Å². The largest absolute Gasteiger partial charge is 0.504 e. The third-order valence-electron chi connectivity index (χ3n) is 5.85. The molecule has 7 heteroatoms. The lowest BCUT2D eigenvalue weighted by molar-refractivity contribution is -0.113. The van der Waals surface area contributed by atoms with E-state index in [1.54, 1.807) is 17.0 Å². The summed E-state index contributed by atoms with van der Waals surface area (Å²) in [5.41, 5.74) is 6.42. The number of rotatable bonds is 4. The Hall–Kier alpha value is -3.22. The molecule has 0 bridgehead atoms. The molecule has 1 aliphatic rings. The second kappa shape index (κ2) is 9.57. The molecule has 1 N–H and O–H groups in total. The van der Waals surface area contributed by atoms with Gasteiger partial charge in [-0.05, 0) is 98.1 Å². The Morgan fingerprint density at radius 2 is 1.65 bits per heavy atom. The highest BCUT2D eigenvalue weighted by Crippen LogP contribution is 2.41. The van der Waals surface area contributed by atoms with E-state index in [-0.39, 0.29) is 17.4 Å². The lowest BCUT2D eigenvalue weighted by Gasteiger charge is -2.17. The van der Waals surface area contributed by atoms with Crippen LogP contribution in [0.1, 0.15) is 27.8 Å². The van der Waals surface area contributed by atoms with Crippen LogP contribution in [0.5, 0.6) is 11.5 Å². The molecule has 0 aromatic heterocycles. The van der Waals surface area contributed by atoms with Crippen LogP contribution < -0.4 is 9.64 Å². The number of anilines is 1. The van der Waals surface area contributed by atoms with Crippen molar-refractivity contribution in [2.45, 2.75) is 27.7 Å². The molecule has 0 aliphatic carbocycles. The molecule has 1 heterocycles. The molecule has 34 heavy (non-hydrogen) atoms. The second-order valence-electron chi connectivity index (χ2n) is 8.23. The zero-order chi connectivity index (χ0) is 24.6. The minimum Gasteiger partial charge on any atom is -0.504 e. The molecule has 0 spiro atoms. The van der Waals surface area contributed by atoms with E-state index in [1.807, 2.05) is 64.1 Å². The summed E-state index contributed by atoms with van der Waals surface area (Å²) >= 11 is 7.45. The molecule has 1 aliphatic heterocycles. The summed E-state index contributed by atoms with van der Waals surface area (Å²) in [5, 5.41) is 11.5. The molecule has 1 fully saturated rings. The van der Waals surface area contributed by atoms with Gasteiger partial charge in [-0.25, -0.2) is 4.99 Å². The summed E-state index contributed by atoms with van der Waals surface area (Å²) in [4.78, 5) is 20.4. The monoisotopic (exact) mass is 492 g/mol. The number of methoxy groups -OCH3 is 1. The van der Waals surface area contributed by atoms with Crippen molar-refractivity contribution in [3.8, 4) is 11.5 Å². The molecule has 0 atom stereocenters. The number of nitrogens with zero attached hydrogens (tertiary/aromatic N) is 2.